The van der Waals surface area contributed by atoms with Gasteiger partial charge in [0.2, 0.25) is 0 Å². The fraction of sp³-hybridized carbons (Fsp3) is 0.300. The summed E-state index contributed by atoms with van der Waals surface area (Å²) in [5.41, 5.74) is 1.83. The highest BCUT2D eigenvalue weighted by Crippen LogP contribution is 2.12. The van der Waals surface area contributed by atoms with Crippen LogP contribution in [0.1, 0.15) is 11.1 Å². The van der Waals surface area contributed by atoms with Gasteiger partial charge >= 0.3 is 0 Å². The summed E-state index contributed by atoms with van der Waals surface area (Å²) in [6, 6.07) is 12.4. The van der Waals surface area contributed by atoms with Gasteiger partial charge < -0.3 is 9.84 Å². The molecule has 0 heterocycles. The number of terminal acetylenes is 1. The molecular weight excluding hydrogens is 324 g/mol. The summed E-state index contributed by atoms with van der Waals surface area (Å²) in [7, 11) is 0. The Morgan fingerprint density at radius 2 is 1.44 bits per heavy atom. The standard InChI is InChI=1S/C20H21F2NO2/c1-2-11-25-15-20(24)14-23(12-16-3-7-18(21)8-4-16)13-17-5-9-19(22)10-6-17/h1,3-10,20,24H,11-15H2. The molecule has 0 saturated carbocycles. The van der Waals surface area contributed by atoms with Crippen molar-refractivity contribution in [2.75, 3.05) is 19.8 Å². The Kier molecular flexibility index (Phi) is 7.55. The first-order valence-electron chi connectivity index (χ1n) is 7.97. The summed E-state index contributed by atoms with van der Waals surface area (Å²) < 4.78 is 31.3. The Morgan fingerprint density at radius 1 is 0.960 bits per heavy atom. The van der Waals surface area contributed by atoms with Crippen molar-refractivity contribution in [3.63, 3.8) is 0 Å². The maximum Gasteiger partial charge on any atom is 0.123 e. The van der Waals surface area contributed by atoms with Gasteiger partial charge in [-0.2, -0.15) is 0 Å². The number of aliphatic hydroxyl groups is 1. The maximum atomic E-state index is 13.1. The van der Waals surface area contributed by atoms with E-state index >= 15 is 0 Å². The molecule has 0 aliphatic rings. The first-order chi connectivity index (χ1) is 12.1. The molecule has 0 radical (unpaired) electrons. The molecular formula is C20H21F2NO2. The van der Waals surface area contributed by atoms with E-state index in [1.807, 2.05) is 4.90 Å². The molecule has 0 aliphatic carbocycles. The highest BCUT2D eigenvalue weighted by molar-refractivity contribution is 5.18. The number of halogens is 2. The van der Waals surface area contributed by atoms with Gasteiger partial charge in [0.15, 0.2) is 0 Å². The van der Waals surface area contributed by atoms with Crippen LogP contribution in [0, 0.1) is 24.0 Å². The summed E-state index contributed by atoms with van der Waals surface area (Å²) in [4.78, 5) is 1.99. The zero-order chi connectivity index (χ0) is 18.1. The fourth-order valence-corrected chi connectivity index (χ4v) is 2.49. The van der Waals surface area contributed by atoms with E-state index in [4.69, 9.17) is 11.2 Å². The highest BCUT2D eigenvalue weighted by Gasteiger charge is 2.13. The average Bonchev–Trinajstić information content (AvgIpc) is 2.59. The van der Waals surface area contributed by atoms with Gasteiger partial charge in [0.1, 0.15) is 18.2 Å². The lowest BCUT2D eigenvalue weighted by molar-refractivity contribution is 0.0243. The smallest absolute Gasteiger partial charge is 0.123 e. The number of hydrogen-bond donors (Lipinski definition) is 1. The van der Waals surface area contributed by atoms with Crippen molar-refractivity contribution in [3.8, 4) is 12.3 Å². The SMILES string of the molecule is C#CCOCC(O)CN(Cc1ccc(F)cc1)Cc1ccc(F)cc1. The Bertz CT molecular complexity index is 633. The van der Waals surface area contributed by atoms with Gasteiger partial charge in [-0.3, -0.25) is 4.90 Å². The monoisotopic (exact) mass is 345 g/mol. The van der Waals surface area contributed by atoms with E-state index in [1.54, 1.807) is 24.3 Å². The van der Waals surface area contributed by atoms with E-state index in [0.717, 1.165) is 11.1 Å². The molecule has 1 N–H and O–H groups in total. The molecule has 132 valence electrons. The van der Waals surface area contributed by atoms with Crippen LogP contribution >= 0.6 is 0 Å². The zero-order valence-electron chi connectivity index (χ0n) is 13.9. The molecule has 0 spiro atoms. The van der Waals surface area contributed by atoms with Crippen molar-refractivity contribution in [1.82, 2.24) is 4.90 Å². The minimum Gasteiger partial charge on any atom is -0.389 e. The van der Waals surface area contributed by atoms with Crippen molar-refractivity contribution in [1.29, 1.82) is 0 Å². The van der Waals surface area contributed by atoms with Gasteiger partial charge in [-0.15, -0.1) is 6.42 Å². The third-order valence-electron chi connectivity index (χ3n) is 3.60. The maximum absolute atomic E-state index is 13.1. The molecule has 2 rings (SSSR count). The van der Waals surface area contributed by atoms with Crippen molar-refractivity contribution < 1.29 is 18.6 Å². The number of nitrogens with zero attached hydrogens (tertiary/aromatic N) is 1. The number of ether oxygens (including phenoxy) is 1. The predicted molar refractivity (Wildman–Crippen MR) is 92.6 cm³/mol. The molecule has 2 aromatic carbocycles. The molecule has 1 unspecified atom stereocenters. The molecule has 0 fully saturated rings. The summed E-state index contributed by atoms with van der Waals surface area (Å²) in [5, 5.41) is 10.1. The molecule has 0 aliphatic heterocycles. The third kappa shape index (κ3) is 7.02. The Morgan fingerprint density at radius 3 is 1.88 bits per heavy atom. The van der Waals surface area contributed by atoms with E-state index in [-0.39, 0.29) is 24.8 Å². The summed E-state index contributed by atoms with van der Waals surface area (Å²) in [6.45, 7) is 1.66. The van der Waals surface area contributed by atoms with Gasteiger partial charge in [0.25, 0.3) is 0 Å². The van der Waals surface area contributed by atoms with Crippen molar-refractivity contribution in [2.24, 2.45) is 0 Å². The quantitative estimate of drug-likeness (QED) is 0.560. The number of hydrogen-bond acceptors (Lipinski definition) is 3. The van der Waals surface area contributed by atoms with Crippen LogP contribution in [0.15, 0.2) is 48.5 Å². The van der Waals surface area contributed by atoms with Crippen molar-refractivity contribution in [2.45, 2.75) is 19.2 Å². The predicted octanol–water partition coefficient (Wildman–Crippen LogP) is 2.98. The van der Waals surface area contributed by atoms with E-state index in [0.29, 0.717) is 19.6 Å². The second-order valence-electron chi connectivity index (χ2n) is 5.80. The van der Waals surface area contributed by atoms with Gasteiger partial charge in [-0.05, 0) is 35.4 Å². The summed E-state index contributed by atoms with van der Waals surface area (Å²) in [5.74, 6) is 1.76. The Hall–Kier alpha value is -2.26. The molecule has 0 bridgehead atoms. The van der Waals surface area contributed by atoms with Gasteiger partial charge in [0, 0.05) is 19.6 Å². The van der Waals surface area contributed by atoms with Gasteiger partial charge in [0.05, 0.1) is 12.7 Å². The highest BCUT2D eigenvalue weighted by atomic mass is 19.1. The van der Waals surface area contributed by atoms with Crippen LogP contribution in [0.4, 0.5) is 8.78 Å². The van der Waals surface area contributed by atoms with Crippen molar-refractivity contribution in [3.05, 3.63) is 71.3 Å². The second kappa shape index (κ2) is 9.90. The summed E-state index contributed by atoms with van der Waals surface area (Å²) >= 11 is 0. The van der Waals surface area contributed by atoms with Crippen LogP contribution in [0.25, 0.3) is 0 Å². The minimum atomic E-state index is -0.714. The van der Waals surface area contributed by atoms with Crippen LogP contribution in [-0.4, -0.2) is 35.9 Å². The number of benzene rings is 2. The molecule has 3 nitrogen and oxygen atoms in total. The van der Waals surface area contributed by atoms with Crippen LogP contribution in [0.5, 0.6) is 0 Å². The lowest BCUT2D eigenvalue weighted by Gasteiger charge is -2.25. The van der Waals surface area contributed by atoms with E-state index < -0.39 is 6.10 Å². The molecule has 0 amide bonds. The van der Waals surface area contributed by atoms with Crippen LogP contribution in [0.3, 0.4) is 0 Å². The lowest BCUT2D eigenvalue weighted by atomic mass is 10.1. The van der Waals surface area contributed by atoms with E-state index in [2.05, 4.69) is 5.92 Å². The first-order valence-corrected chi connectivity index (χ1v) is 7.97. The van der Waals surface area contributed by atoms with Crippen molar-refractivity contribution >= 4 is 0 Å². The largest absolute Gasteiger partial charge is 0.389 e. The van der Waals surface area contributed by atoms with E-state index in [9.17, 15) is 13.9 Å². The van der Waals surface area contributed by atoms with Crippen LogP contribution < -0.4 is 0 Å². The van der Waals surface area contributed by atoms with Crippen LogP contribution in [0.2, 0.25) is 0 Å². The molecule has 0 aromatic heterocycles. The molecule has 5 heteroatoms. The number of aliphatic hydroxyl groups excluding tert-OH is 1. The van der Waals surface area contributed by atoms with E-state index in [1.165, 1.54) is 24.3 Å². The Balaban J connectivity index is 2.02. The normalized spacial score (nSPS) is 12.1. The molecule has 0 saturated heterocycles. The topological polar surface area (TPSA) is 32.7 Å². The first kappa shape index (κ1) is 19.1. The second-order valence-corrected chi connectivity index (χ2v) is 5.80. The molecule has 2 aromatic rings. The summed E-state index contributed by atoms with van der Waals surface area (Å²) in [6.07, 6.45) is 4.40. The zero-order valence-corrected chi connectivity index (χ0v) is 13.9. The van der Waals surface area contributed by atoms with Gasteiger partial charge in [-0.1, -0.05) is 30.2 Å². The third-order valence-corrected chi connectivity index (χ3v) is 3.60. The lowest BCUT2D eigenvalue weighted by Crippen LogP contribution is -2.34. The number of rotatable bonds is 9. The molecule has 25 heavy (non-hydrogen) atoms. The minimum absolute atomic E-state index is 0.132. The van der Waals surface area contributed by atoms with Crippen LogP contribution in [-0.2, 0) is 17.8 Å². The average molecular weight is 345 g/mol. The van der Waals surface area contributed by atoms with Gasteiger partial charge in [-0.25, -0.2) is 8.78 Å². The molecule has 1 atom stereocenters. The fourth-order valence-electron chi connectivity index (χ4n) is 2.49. The Labute approximate surface area is 146 Å².